The second kappa shape index (κ2) is 4.53. The van der Waals surface area contributed by atoms with Crippen LogP contribution in [0.2, 0.25) is 0 Å². The zero-order valence-electron chi connectivity index (χ0n) is 6.75. The number of rotatable bonds is 2. The summed E-state index contributed by atoms with van der Waals surface area (Å²) >= 11 is 4.79. The molecule has 0 aliphatic carbocycles. The number of hydrogen-bond donors (Lipinski definition) is 1. The van der Waals surface area contributed by atoms with Gasteiger partial charge >= 0.3 is 0 Å². The first kappa shape index (κ1) is 9.62. The van der Waals surface area contributed by atoms with Crippen LogP contribution in [0.25, 0.3) is 0 Å². The quantitative estimate of drug-likeness (QED) is 0.443. The van der Waals surface area contributed by atoms with E-state index in [-0.39, 0.29) is 12.2 Å². The van der Waals surface area contributed by atoms with Crippen LogP contribution < -0.4 is 5.32 Å². The zero-order chi connectivity index (χ0) is 9.68. The van der Waals surface area contributed by atoms with Crippen LogP contribution in [0.15, 0.2) is 24.3 Å². The van der Waals surface area contributed by atoms with Crippen molar-refractivity contribution in [2.75, 3.05) is 0 Å². The smallest absolute Gasteiger partial charge is 0.181 e. The van der Waals surface area contributed by atoms with Crippen LogP contribution in [0.4, 0.5) is 4.39 Å². The molecule has 0 aliphatic heterocycles. The molecule has 0 saturated heterocycles. The minimum Gasteiger partial charge on any atom is -0.286 e. The molecule has 0 heterocycles. The fourth-order valence-electron chi connectivity index (χ4n) is 0.921. The average molecular weight is 194 g/mol. The molecule has 2 nitrogen and oxygen atoms in total. The van der Waals surface area contributed by atoms with E-state index < -0.39 is 0 Å². The van der Waals surface area contributed by atoms with E-state index in [1.165, 1.54) is 6.07 Å². The predicted octanol–water partition coefficient (Wildman–Crippen LogP) is 1.77. The van der Waals surface area contributed by atoms with Gasteiger partial charge in [-0.05, 0) is 11.6 Å². The summed E-state index contributed by atoms with van der Waals surface area (Å²) in [7, 11) is 0. The summed E-state index contributed by atoms with van der Waals surface area (Å²) in [6, 6.07) is 6.35. The maximum Gasteiger partial charge on any atom is 0.181 e. The minimum atomic E-state index is -0.301. The standard InChI is InChI=1S/C9H7FN2S/c10-8-4-2-1-3-7(8)5-9(13)12-6-11/h1-4H,5H2,(H,12,13). The van der Waals surface area contributed by atoms with Crippen LogP contribution in [0.5, 0.6) is 0 Å². The Balaban J connectivity index is 2.70. The average Bonchev–Trinajstić information content (AvgIpc) is 2.09. The van der Waals surface area contributed by atoms with Gasteiger partial charge < -0.3 is 0 Å². The second-order valence-electron chi connectivity index (χ2n) is 2.43. The molecule has 1 N–H and O–H groups in total. The highest BCUT2D eigenvalue weighted by Gasteiger charge is 2.02. The molecular weight excluding hydrogens is 187 g/mol. The number of benzene rings is 1. The molecule has 66 valence electrons. The maximum absolute atomic E-state index is 13.0. The first-order valence-corrected chi connectivity index (χ1v) is 4.06. The molecule has 0 saturated carbocycles. The van der Waals surface area contributed by atoms with E-state index in [2.05, 4.69) is 5.32 Å². The number of hydrogen-bond acceptors (Lipinski definition) is 2. The maximum atomic E-state index is 13.0. The van der Waals surface area contributed by atoms with Crippen molar-refractivity contribution in [2.24, 2.45) is 0 Å². The van der Waals surface area contributed by atoms with E-state index in [1.807, 2.05) is 0 Å². The topological polar surface area (TPSA) is 35.8 Å². The van der Waals surface area contributed by atoms with Gasteiger partial charge in [-0.15, -0.1) is 0 Å². The fraction of sp³-hybridized carbons (Fsp3) is 0.111. The van der Waals surface area contributed by atoms with Crippen LogP contribution in [0.3, 0.4) is 0 Å². The molecule has 0 unspecified atom stereocenters. The number of nitrogens with one attached hydrogen (secondary N) is 1. The van der Waals surface area contributed by atoms with Crippen molar-refractivity contribution in [2.45, 2.75) is 6.42 Å². The summed E-state index contributed by atoms with van der Waals surface area (Å²) in [5, 5.41) is 10.5. The normalized spacial score (nSPS) is 8.92. The predicted molar refractivity (Wildman–Crippen MR) is 51.5 cm³/mol. The fourth-order valence-corrected chi connectivity index (χ4v) is 1.12. The van der Waals surface area contributed by atoms with E-state index in [4.69, 9.17) is 17.5 Å². The minimum absolute atomic E-state index is 0.259. The van der Waals surface area contributed by atoms with Crippen molar-refractivity contribution in [1.29, 1.82) is 5.26 Å². The van der Waals surface area contributed by atoms with Gasteiger partial charge in [0.05, 0.1) is 4.99 Å². The third-order valence-electron chi connectivity index (χ3n) is 1.50. The van der Waals surface area contributed by atoms with Crippen molar-refractivity contribution < 1.29 is 4.39 Å². The summed E-state index contributed by atoms with van der Waals surface area (Å²) in [5.74, 6) is -0.301. The Labute approximate surface area is 81.0 Å². The second-order valence-corrected chi connectivity index (χ2v) is 2.92. The molecular formula is C9H7FN2S. The SMILES string of the molecule is N#CNC(=S)Cc1ccccc1F. The first-order valence-electron chi connectivity index (χ1n) is 3.65. The molecule has 0 radical (unpaired) electrons. The van der Waals surface area contributed by atoms with E-state index in [9.17, 15) is 4.39 Å². The summed E-state index contributed by atoms with van der Waals surface area (Å²) in [6.45, 7) is 0. The van der Waals surface area contributed by atoms with Crippen molar-refractivity contribution in [3.63, 3.8) is 0 Å². The van der Waals surface area contributed by atoms with Crippen molar-refractivity contribution in [1.82, 2.24) is 5.32 Å². The molecule has 1 aromatic carbocycles. The van der Waals surface area contributed by atoms with Gasteiger partial charge in [-0.1, -0.05) is 30.4 Å². The Kier molecular flexibility index (Phi) is 3.35. The van der Waals surface area contributed by atoms with E-state index in [1.54, 1.807) is 24.4 Å². The Bertz CT molecular complexity index is 357. The van der Waals surface area contributed by atoms with Gasteiger partial charge in [-0.3, -0.25) is 5.32 Å². The van der Waals surface area contributed by atoms with Crippen LogP contribution in [0.1, 0.15) is 5.56 Å². The van der Waals surface area contributed by atoms with Crippen molar-refractivity contribution in [3.05, 3.63) is 35.6 Å². The number of nitriles is 1. The lowest BCUT2D eigenvalue weighted by Crippen LogP contribution is -2.17. The summed E-state index contributed by atoms with van der Waals surface area (Å²) < 4.78 is 13.0. The molecule has 0 spiro atoms. The van der Waals surface area contributed by atoms with E-state index in [0.717, 1.165) is 0 Å². The van der Waals surface area contributed by atoms with Gasteiger partial charge in [-0.2, -0.15) is 5.26 Å². The number of halogens is 1. The number of nitrogens with zero attached hydrogens (tertiary/aromatic N) is 1. The zero-order valence-corrected chi connectivity index (χ0v) is 7.57. The third-order valence-corrected chi connectivity index (χ3v) is 1.75. The van der Waals surface area contributed by atoms with Crippen molar-refractivity contribution in [3.8, 4) is 6.19 Å². The van der Waals surface area contributed by atoms with E-state index >= 15 is 0 Å². The molecule has 1 rings (SSSR count). The molecule has 0 aliphatic rings. The monoisotopic (exact) mass is 194 g/mol. The lowest BCUT2D eigenvalue weighted by molar-refractivity contribution is 0.616. The van der Waals surface area contributed by atoms with Crippen molar-refractivity contribution >= 4 is 17.2 Å². The molecule has 13 heavy (non-hydrogen) atoms. The Morgan fingerprint density at radius 2 is 2.23 bits per heavy atom. The Hall–Kier alpha value is -1.47. The first-order chi connectivity index (χ1) is 6.24. The van der Waals surface area contributed by atoms with Gasteiger partial charge in [0.1, 0.15) is 5.82 Å². The summed E-state index contributed by atoms with van der Waals surface area (Å²) in [5.41, 5.74) is 0.496. The van der Waals surface area contributed by atoms with Gasteiger partial charge in [0.15, 0.2) is 6.19 Å². The molecule has 1 aromatic rings. The van der Waals surface area contributed by atoms with Crippen LogP contribution in [-0.4, -0.2) is 4.99 Å². The van der Waals surface area contributed by atoms with Crippen LogP contribution in [0, 0.1) is 17.3 Å². The largest absolute Gasteiger partial charge is 0.286 e. The molecule has 0 aromatic heterocycles. The Morgan fingerprint density at radius 3 is 2.85 bits per heavy atom. The third kappa shape index (κ3) is 2.80. The lowest BCUT2D eigenvalue weighted by atomic mass is 10.1. The van der Waals surface area contributed by atoms with Crippen LogP contribution in [-0.2, 0) is 6.42 Å². The summed E-state index contributed by atoms with van der Waals surface area (Å²) in [4.78, 5) is 0.326. The van der Waals surface area contributed by atoms with Gasteiger partial charge in [0.25, 0.3) is 0 Å². The molecule has 0 bridgehead atoms. The van der Waals surface area contributed by atoms with E-state index in [0.29, 0.717) is 10.6 Å². The summed E-state index contributed by atoms with van der Waals surface area (Å²) in [6.07, 6.45) is 1.95. The highest BCUT2D eigenvalue weighted by atomic mass is 32.1. The molecule has 0 amide bonds. The highest BCUT2D eigenvalue weighted by molar-refractivity contribution is 7.80. The van der Waals surface area contributed by atoms with Crippen LogP contribution >= 0.6 is 12.2 Å². The highest BCUT2D eigenvalue weighted by Crippen LogP contribution is 2.06. The number of thiocarbonyl (C=S) groups is 1. The molecule has 4 heteroatoms. The van der Waals surface area contributed by atoms with Gasteiger partial charge in [0.2, 0.25) is 0 Å². The lowest BCUT2D eigenvalue weighted by Gasteiger charge is -2.01. The van der Waals surface area contributed by atoms with Gasteiger partial charge in [0, 0.05) is 6.42 Å². The Morgan fingerprint density at radius 1 is 1.54 bits per heavy atom. The molecule has 0 fully saturated rings. The van der Waals surface area contributed by atoms with Gasteiger partial charge in [-0.25, -0.2) is 4.39 Å². The molecule has 0 atom stereocenters.